The third-order valence-electron chi connectivity index (χ3n) is 2.97. The Hall–Kier alpha value is -1.92. The van der Waals surface area contributed by atoms with Crippen LogP contribution in [-0.2, 0) is 23.0 Å². The molecule has 0 unspecified atom stereocenters. The summed E-state index contributed by atoms with van der Waals surface area (Å²) in [6.07, 6.45) is 2.27. The lowest BCUT2D eigenvalue weighted by molar-refractivity contribution is 0.599. The minimum absolute atomic E-state index is 0.0759. The topological polar surface area (TPSA) is 85.1 Å². The van der Waals surface area contributed by atoms with Crippen LogP contribution in [0.25, 0.3) is 0 Å². The van der Waals surface area contributed by atoms with Crippen LogP contribution in [0.4, 0.5) is 5.69 Å². The van der Waals surface area contributed by atoms with E-state index in [2.05, 4.69) is 9.71 Å². The second kappa shape index (κ2) is 6.02. The van der Waals surface area contributed by atoms with Crippen LogP contribution in [0.1, 0.15) is 18.2 Å². The standard InChI is InChI=1S/C14H17N3O2S/c1-2-11-6-3-4-7-12(11)17-20(18,19)14-8-5-9-16-13(14)10-15/h3-9,17H,2,10,15H2,1H3. The summed E-state index contributed by atoms with van der Waals surface area (Å²) in [5.74, 6) is 0. The zero-order valence-electron chi connectivity index (χ0n) is 11.2. The molecular formula is C14H17N3O2S. The lowest BCUT2D eigenvalue weighted by Crippen LogP contribution is -2.18. The summed E-state index contributed by atoms with van der Waals surface area (Å²) < 4.78 is 27.5. The zero-order valence-corrected chi connectivity index (χ0v) is 12.0. The second-order valence-corrected chi connectivity index (χ2v) is 5.92. The molecule has 0 amide bonds. The third-order valence-corrected chi connectivity index (χ3v) is 4.41. The molecule has 0 aliphatic rings. The first kappa shape index (κ1) is 14.5. The van der Waals surface area contributed by atoms with Crippen molar-refractivity contribution in [3.8, 4) is 0 Å². The fourth-order valence-electron chi connectivity index (χ4n) is 1.95. The number of hydrogen-bond donors (Lipinski definition) is 2. The van der Waals surface area contributed by atoms with Crippen molar-refractivity contribution in [3.63, 3.8) is 0 Å². The number of hydrogen-bond acceptors (Lipinski definition) is 4. The molecule has 106 valence electrons. The van der Waals surface area contributed by atoms with Crippen LogP contribution in [0.2, 0.25) is 0 Å². The first-order valence-corrected chi connectivity index (χ1v) is 7.81. The van der Waals surface area contributed by atoms with Crippen molar-refractivity contribution in [3.05, 3.63) is 53.9 Å². The first-order valence-electron chi connectivity index (χ1n) is 6.33. The molecule has 0 saturated carbocycles. The highest BCUT2D eigenvalue weighted by Gasteiger charge is 2.19. The Balaban J connectivity index is 2.41. The molecule has 20 heavy (non-hydrogen) atoms. The highest BCUT2D eigenvalue weighted by atomic mass is 32.2. The van der Waals surface area contributed by atoms with Gasteiger partial charge in [-0.25, -0.2) is 8.42 Å². The van der Waals surface area contributed by atoms with Crippen LogP contribution in [0.15, 0.2) is 47.5 Å². The minimum atomic E-state index is -3.68. The average molecular weight is 291 g/mol. The Morgan fingerprint density at radius 3 is 2.65 bits per heavy atom. The maximum atomic E-state index is 12.4. The molecule has 2 rings (SSSR count). The fourth-order valence-corrected chi connectivity index (χ4v) is 3.25. The number of pyridine rings is 1. The number of nitrogens with zero attached hydrogens (tertiary/aromatic N) is 1. The molecule has 5 nitrogen and oxygen atoms in total. The molecule has 0 saturated heterocycles. The van der Waals surface area contributed by atoms with Crippen molar-refractivity contribution in [1.29, 1.82) is 0 Å². The molecule has 1 heterocycles. The number of anilines is 1. The Morgan fingerprint density at radius 1 is 1.20 bits per heavy atom. The number of rotatable bonds is 5. The van der Waals surface area contributed by atoms with E-state index in [-0.39, 0.29) is 11.4 Å². The predicted octanol–water partition coefficient (Wildman–Crippen LogP) is 1.90. The Bertz CT molecular complexity index is 699. The van der Waals surface area contributed by atoms with Crippen LogP contribution in [-0.4, -0.2) is 13.4 Å². The highest BCUT2D eigenvalue weighted by Crippen LogP contribution is 2.21. The van der Waals surface area contributed by atoms with Crippen LogP contribution < -0.4 is 10.5 Å². The number of aromatic nitrogens is 1. The Morgan fingerprint density at radius 2 is 1.95 bits per heavy atom. The van der Waals surface area contributed by atoms with E-state index in [9.17, 15) is 8.42 Å². The van der Waals surface area contributed by atoms with Gasteiger partial charge in [-0.3, -0.25) is 9.71 Å². The highest BCUT2D eigenvalue weighted by molar-refractivity contribution is 7.92. The van der Waals surface area contributed by atoms with Gasteiger partial charge in [0, 0.05) is 12.7 Å². The maximum Gasteiger partial charge on any atom is 0.263 e. The molecule has 1 aromatic heterocycles. The smallest absolute Gasteiger partial charge is 0.263 e. The largest absolute Gasteiger partial charge is 0.325 e. The number of benzene rings is 1. The van der Waals surface area contributed by atoms with Crippen molar-refractivity contribution in [2.24, 2.45) is 5.73 Å². The van der Waals surface area contributed by atoms with Crippen molar-refractivity contribution in [1.82, 2.24) is 4.98 Å². The van der Waals surface area contributed by atoms with E-state index in [0.29, 0.717) is 11.4 Å². The van der Waals surface area contributed by atoms with Crippen molar-refractivity contribution < 1.29 is 8.42 Å². The Kier molecular flexibility index (Phi) is 4.36. The minimum Gasteiger partial charge on any atom is -0.325 e. The van der Waals surface area contributed by atoms with Gasteiger partial charge in [0.25, 0.3) is 10.0 Å². The number of aryl methyl sites for hydroxylation is 1. The van der Waals surface area contributed by atoms with Gasteiger partial charge in [0.05, 0.1) is 11.4 Å². The quantitative estimate of drug-likeness (QED) is 0.881. The van der Waals surface area contributed by atoms with E-state index in [0.717, 1.165) is 12.0 Å². The summed E-state index contributed by atoms with van der Waals surface area (Å²) in [5.41, 5.74) is 7.42. The van der Waals surface area contributed by atoms with Gasteiger partial charge in [-0.05, 0) is 30.2 Å². The second-order valence-electron chi connectivity index (χ2n) is 4.27. The third kappa shape index (κ3) is 2.97. The molecular weight excluding hydrogens is 274 g/mol. The summed E-state index contributed by atoms with van der Waals surface area (Å²) in [6.45, 7) is 2.05. The fraction of sp³-hybridized carbons (Fsp3) is 0.214. The van der Waals surface area contributed by atoms with Crippen LogP contribution in [0.5, 0.6) is 0 Å². The lowest BCUT2D eigenvalue weighted by atomic mass is 10.1. The molecule has 1 aromatic carbocycles. The maximum absolute atomic E-state index is 12.4. The predicted molar refractivity (Wildman–Crippen MR) is 78.8 cm³/mol. The van der Waals surface area contributed by atoms with Gasteiger partial charge in [0.2, 0.25) is 0 Å². The zero-order chi connectivity index (χ0) is 14.6. The van der Waals surface area contributed by atoms with Crippen molar-refractivity contribution in [2.75, 3.05) is 4.72 Å². The Labute approximate surface area is 118 Å². The molecule has 0 aliphatic heterocycles. The van der Waals surface area contributed by atoms with E-state index in [1.54, 1.807) is 18.2 Å². The van der Waals surface area contributed by atoms with Gasteiger partial charge in [-0.1, -0.05) is 25.1 Å². The molecule has 6 heteroatoms. The van der Waals surface area contributed by atoms with Gasteiger partial charge >= 0.3 is 0 Å². The van der Waals surface area contributed by atoms with Gasteiger partial charge < -0.3 is 5.73 Å². The molecule has 2 aromatic rings. The summed E-state index contributed by atoms with van der Waals surface area (Å²) in [4.78, 5) is 4.12. The number of nitrogens with one attached hydrogen (secondary N) is 1. The van der Waals surface area contributed by atoms with Crippen molar-refractivity contribution >= 4 is 15.7 Å². The van der Waals surface area contributed by atoms with E-state index >= 15 is 0 Å². The monoisotopic (exact) mass is 291 g/mol. The van der Waals surface area contributed by atoms with Crippen LogP contribution in [0, 0.1) is 0 Å². The number of nitrogens with two attached hydrogens (primary N) is 1. The number of sulfonamides is 1. The average Bonchev–Trinajstić information content (AvgIpc) is 2.47. The molecule has 0 fully saturated rings. The van der Waals surface area contributed by atoms with Crippen LogP contribution in [0.3, 0.4) is 0 Å². The molecule has 0 atom stereocenters. The summed E-state index contributed by atoms with van der Waals surface area (Å²) in [5, 5.41) is 0. The van der Waals surface area contributed by atoms with E-state index in [1.165, 1.54) is 12.3 Å². The summed E-state index contributed by atoms with van der Waals surface area (Å²) in [6, 6.07) is 10.4. The van der Waals surface area contributed by atoms with E-state index in [1.807, 2.05) is 19.1 Å². The van der Waals surface area contributed by atoms with Gasteiger partial charge in [-0.15, -0.1) is 0 Å². The molecule has 3 N–H and O–H groups in total. The SMILES string of the molecule is CCc1ccccc1NS(=O)(=O)c1cccnc1CN. The van der Waals surface area contributed by atoms with Gasteiger partial charge in [-0.2, -0.15) is 0 Å². The molecule has 0 radical (unpaired) electrons. The van der Waals surface area contributed by atoms with Crippen LogP contribution >= 0.6 is 0 Å². The van der Waals surface area contributed by atoms with Crippen molar-refractivity contribution in [2.45, 2.75) is 24.8 Å². The molecule has 0 aliphatic carbocycles. The molecule has 0 spiro atoms. The lowest BCUT2D eigenvalue weighted by Gasteiger charge is -2.13. The summed E-state index contributed by atoms with van der Waals surface area (Å²) in [7, 11) is -3.68. The van der Waals surface area contributed by atoms with E-state index < -0.39 is 10.0 Å². The molecule has 0 bridgehead atoms. The number of para-hydroxylation sites is 1. The van der Waals surface area contributed by atoms with Gasteiger partial charge in [0.15, 0.2) is 0 Å². The van der Waals surface area contributed by atoms with E-state index in [4.69, 9.17) is 5.73 Å². The normalized spacial score (nSPS) is 11.3. The first-order chi connectivity index (χ1) is 9.58. The van der Waals surface area contributed by atoms with Gasteiger partial charge in [0.1, 0.15) is 4.90 Å². The summed E-state index contributed by atoms with van der Waals surface area (Å²) >= 11 is 0.